The van der Waals surface area contributed by atoms with Gasteiger partial charge in [0.2, 0.25) is 11.8 Å². The van der Waals surface area contributed by atoms with E-state index in [1.54, 1.807) is 16.7 Å². The number of esters is 1. The third-order valence-electron chi connectivity index (χ3n) is 8.31. The van der Waals surface area contributed by atoms with Crippen LogP contribution < -0.4 is 0 Å². The Bertz CT molecular complexity index is 966. The Morgan fingerprint density at radius 3 is 2.51 bits per heavy atom. The van der Waals surface area contributed by atoms with Crippen molar-refractivity contribution in [2.24, 2.45) is 17.3 Å². The number of thioether (sulfide) groups is 1. The summed E-state index contributed by atoms with van der Waals surface area (Å²) in [6, 6.07) is -1.28. The van der Waals surface area contributed by atoms with Gasteiger partial charge >= 0.3 is 5.97 Å². The van der Waals surface area contributed by atoms with Crippen LogP contribution in [0.25, 0.3) is 0 Å². The van der Waals surface area contributed by atoms with E-state index in [4.69, 9.17) is 4.74 Å². The van der Waals surface area contributed by atoms with E-state index in [-0.39, 0.29) is 35.1 Å². The minimum Gasteiger partial charge on any atom is -0.465 e. The van der Waals surface area contributed by atoms with Crippen LogP contribution in [-0.4, -0.2) is 80.1 Å². The van der Waals surface area contributed by atoms with Crippen LogP contribution in [0.15, 0.2) is 24.3 Å². The number of carbonyl (C=O) groups excluding carboxylic acids is 3. The number of cyclic esters (lactones) is 1. The number of aliphatic hydroxyl groups excluding tert-OH is 1. The summed E-state index contributed by atoms with van der Waals surface area (Å²) in [5, 5.41) is 10.0. The monoisotopic (exact) mass is 532 g/mol. The Morgan fingerprint density at radius 1 is 1.14 bits per heavy atom. The number of hydrogen-bond acceptors (Lipinski definition) is 6. The fraction of sp³-hybridized carbons (Fsp3) is 0.759. The van der Waals surface area contributed by atoms with Crippen molar-refractivity contribution in [3.05, 3.63) is 24.3 Å². The van der Waals surface area contributed by atoms with Crippen LogP contribution >= 0.6 is 11.8 Å². The van der Waals surface area contributed by atoms with Gasteiger partial charge in [0, 0.05) is 17.3 Å². The van der Waals surface area contributed by atoms with E-state index < -0.39 is 34.2 Å². The van der Waals surface area contributed by atoms with Gasteiger partial charge in [-0.25, -0.2) is 0 Å². The number of hydrogen-bond donors (Lipinski definition) is 1. The molecule has 1 N–H and O–H groups in total. The SMILES string of the molecule is CC[C@@H](CO)N1C(=O)[C@@H]2[C@H]3C(=O)OCCCC/C=C\[C@H]3S[C@@]23C=CCN(C(C)(C)CC(C)(C)C)C(=O)C13. The topological polar surface area (TPSA) is 87.2 Å². The van der Waals surface area contributed by atoms with E-state index in [0.717, 1.165) is 25.7 Å². The molecule has 2 saturated heterocycles. The fourth-order valence-corrected chi connectivity index (χ4v) is 9.09. The van der Waals surface area contributed by atoms with E-state index in [0.29, 0.717) is 19.6 Å². The van der Waals surface area contributed by atoms with Crippen LogP contribution in [-0.2, 0) is 19.1 Å². The molecule has 0 aliphatic carbocycles. The molecule has 2 fully saturated rings. The second kappa shape index (κ2) is 10.4. The van der Waals surface area contributed by atoms with Crippen molar-refractivity contribution in [3.63, 3.8) is 0 Å². The van der Waals surface area contributed by atoms with E-state index in [1.807, 2.05) is 24.0 Å². The van der Waals surface area contributed by atoms with Crippen LogP contribution in [0, 0.1) is 17.3 Å². The summed E-state index contributed by atoms with van der Waals surface area (Å²) in [6.07, 6.45) is 12.2. The van der Waals surface area contributed by atoms with E-state index in [2.05, 4.69) is 46.8 Å². The first kappa shape index (κ1) is 28.2. The third-order valence-corrected chi connectivity index (χ3v) is 10.1. The number of allylic oxidation sites excluding steroid dienone is 1. The van der Waals surface area contributed by atoms with Crippen LogP contribution in [0.4, 0.5) is 0 Å². The lowest BCUT2D eigenvalue weighted by Gasteiger charge is -2.45. The maximum absolute atomic E-state index is 14.6. The lowest BCUT2D eigenvalue weighted by Crippen LogP contribution is -2.60. The molecule has 0 aromatic heterocycles. The summed E-state index contributed by atoms with van der Waals surface area (Å²) < 4.78 is 4.78. The smallest absolute Gasteiger partial charge is 0.311 e. The second-order valence-electron chi connectivity index (χ2n) is 12.8. The van der Waals surface area contributed by atoms with E-state index in [9.17, 15) is 19.5 Å². The van der Waals surface area contributed by atoms with Crippen molar-refractivity contribution in [1.29, 1.82) is 0 Å². The fourth-order valence-electron chi connectivity index (χ4n) is 7.10. The van der Waals surface area contributed by atoms with Crippen molar-refractivity contribution >= 4 is 29.5 Å². The molecule has 1 unspecified atom stereocenters. The minimum atomic E-state index is -0.893. The van der Waals surface area contributed by atoms with E-state index in [1.165, 1.54) is 0 Å². The predicted molar refractivity (Wildman–Crippen MR) is 146 cm³/mol. The first-order chi connectivity index (χ1) is 17.4. The summed E-state index contributed by atoms with van der Waals surface area (Å²) in [4.78, 5) is 45.8. The molecule has 0 radical (unpaired) electrons. The molecule has 8 heteroatoms. The highest BCUT2D eigenvalue weighted by atomic mass is 32.2. The molecule has 4 heterocycles. The van der Waals surface area contributed by atoms with Gasteiger partial charge in [0.15, 0.2) is 0 Å². The Balaban J connectivity index is 1.84. The number of likely N-dealkylation sites (tertiary alicyclic amines) is 1. The number of rotatable bonds is 5. The Labute approximate surface area is 226 Å². The number of nitrogens with zero attached hydrogens (tertiary/aromatic N) is 2. The van der Waals surface area contributed by atoms with Gasteiger partial charge in [-0.2, -0.15) is 0 Å². The van der Waals surface area contributed by atoms with Gasteiger partial charge in [-0.1, -0.05) is 52.0 Å². The molecule has 7 nitrogen and oxygen atoms in total. The Kier molecular flexibility index (Phi) is 7.93. The first-order valence-corrected chi connectivity index (χ1v) is 14.7. The Hall–Kier alpha value is -1.80. The highest BCUT2D eigenvalue weighted by Crippen LogP contribution is 2.61. The predicted octanol–water partition coefficient (Wildman–Crippen LogP) is 3.95. The number of amides is 2. The maximum atomic E-state index is 14.6. The molecule has 4 rings (SSSR count). The van der Waals surface area contributed by atoms with Crippen LogP contribution in [0.3, 0.4) is 0 Å². The molecule has 0 bridgehead atoms. The van der Waals surface area contributed by atoms with Crippen molar-refractivity contribution in [1.82, 2.24) is 9.80 Å². The number of ether oxygens (including phenoxy) is 1. The number of carbonyl (C=O) groups is 3. The molecule has 6 atom stereocenters. The first-order valence-electron chi connectivity index (χ1n) is 13.8. The lowest BCUT2D eigenvalue weighted by molar-refractivity contribution is -0.154. The van der Waals surface area contributed by atoms with Gasteiger partial charge < -0.3 is 19.6 Å². The molecule has 4 aliphatic heterocycles. The molecular weight excluding hydrogens is 488 g/mol. The quantitative estimate of drug-likeness (QED) is 0.426. The van der Waals surface area contributed by atoms with Gasteiger partial charge in [0.05, 0.1) is 35.8 Å². The molecule has 37 heavy (non-hydrogen) atoms. The molecular formula is C29H44N2O5S. The standard InChI is InChI=1S/C29H44N2O5S/c1-7-19(17-32)31-23-25(34)30(28(5,6)18-27(2,3)4)15-12-14-29(23)22(24(31)33)21-20(37-29)13-10-8-9-11-16-36-26(21)35/h10,12-14,19-23,32H,7-9,11,15-18H2,1-6H3/b13-10-/t19-,20+,21-,22-,23?,29-/m0/s1. The zero-order chi connectivity index (χ0) is 27.2. The highest BCUT2D eigenvalue weighted by molar-refractivity contribution is 8.02. The van der Waals surface area contributed by atoms with Gasteiger partial charge in [-0.3, -0.25) is 14.4 Å². The van der Waals surface area contributed by atoms with Gasteiger partial charge in [-0.05, 0) is 51.4 Å². The average Bonchev–Trinajstić information content (AvgIpc) is 3.18. The largest absolute Gasteiger partial charge is 0.465 e. The zero-order valence-electron chi connectivity index (χ0n) is 23.2. The normalized spacial score (nSPS) is 34.4. The summed E-state index contributed by atoms with van der Waals surface area (Å²) in [6.45, 7) is 13.2. The van der Waals surface area contributed by atoms with Crippen molar-refractivity contribution in [2.75, 3.05) is 19.8 Å². The molecule has 206 valence electrons. The molecule has 2 amide bonds. The Morgan fingerprint density at radius 2 is 1.86 bits per heavy atom. The molecule has 0 saturated carbocycles. The van der Waals surface area contributed by atoms with Gasteiger partial charge in [0.1, 0.15) is 6.04 Å². The van der Waals surface area contributed by atoms with E-state index >= 15 is 0 Å². The highest BCUT2D eigenvalue weighted by Gasteiger charge is 2.72. The zero-order valence-corrected chi connectivity index (χ0v) is 24.1. The molecule has 1 spiro atoms. The number of aliphatic hydroxyl groups is 1. The summed E-state index contributed by atoms with van der Waals surface area (Å²) in [7, 11) is 0. The van der Waals surface area contributed by atoms with Crippen LogP contribution in [0.2, 0.25) is 0 Å². The third kappa shape index (κ3) is 5.00. The number of fused-ring (bicyclic) bond motifs is 2. The maximum Gasteiger partial charge on any atom is 0.311 e. The molecule has 0 aromatic rings. The van der Waals surface area contributed by atoms with Gasteiger partial charge in [-0.15, -0.1) is 11.8 Å². The summed E-state index contributed by atoms with van der Waals surface area (Å²) >= 11 is 1.56. The van der Waals surface area contributed by atoms with Crippen molar-refractivity contribution in [2.45, 2.75) is 101 Å². The average molecular weight is 533 g/mol. The van der Waals surface area contributed by atoms with Crippen LogP contribution in [0.5, 0.6) is 0 Å². The van der Waals surface area contributed by atoms with Crippen LogP contribution in [0.1, 0.15) is 73.6 Å². The summed E-state index contributed by atoms with van der Waals surface area (Å²) in [5.41, 5.74) is -0.444. The van der Waals surface area contributed by atoms with Gasteiger partial charge in [0.25, 0.3) is 0 Å². The lowest BCUT2D eigenvalue weighted by atomic mass is 9.78. The van der Waals surface area contributed by atoms with Crippen molar-refractivity contribution in [3.8, 4) is 0 Å². The van der Waals surface area contributed by atoms with Crippen molar-refractivity contribution < 1.29 is 24.2 Å². The molecule has 0 aromatic carbocycles. The molecule has 4 aliphatic rings. The second-order valence-corrected chi connectivity index (χ2v) is 14.3. The minimum absolute atomic E-state index is 0.00137. The summed E-state index contributed by atoms with van der Waals surface area (Å²) in [5.74, 6) is -2.05.